The Morgan fingerprint density at radius 1 is 1.03 bits per heavy atom. The highest BCUT2D eigenvalue weighted by Crippen LogP contribution is 2.40. The lowest BCUT2D eigenvalue weighted by Gasteiger charge is -2.13. The summed E-state index contributed by atoms with van der Waals surface area (Å²) in [6, 6.07) is 15.8. The van der Waals surface area contributed by atoms with Gasteiger partial charge in [0.1, 0.15) is 16.3 Å². The summed E-state index contributed by atoms with van der Waals surface area (Å²) in [6.45, 7) is 4.01. The van der Waals surface area contributed by atoms with Crippen LogP contribution in [0.3, 0.4) is 0 Å². The minimum atomic E-state index is -4.63. The molecule has 0 aliphatic heterocycles. The number of azo groups is 1. The second kappa shape index (κ2) is 11.6. The highest BCUT2D eigenvalue weighted by atomic mass is 35.5. The maximum atomic E-state index is 13.3. The van der Waals surface area contributed by atoms with Crippen molar-refractivity contribution in [3.05, 3.63) is 81.8 Å². The average molecular weight is 588 g/mol. The molecular formula is C27H23Cl2N3O6S. The summed E-state index contributed by atoms with van der Waals surface area (Å²) >= 11 is 12.4. The Morgan fingerprint density at radius 3 is 2.46 bits per heavy atom. The van der Waals surface area contributed by atoms with Gasteiger partial charge in [0.05, 0.1) is 33.6 Å². The first kappa shape index (κ1) is 28.3. The second-order valence-electron chi connectivity index (χ2n) is 8.32. The summed E-state index contributed by atoms with van der Waals surface area (Å²) in [5, 5.41) is 23.3. The molecule has 12 heteroatoms. The number of rotatable bonds is 8. The summed E-state index contributed by atoms with van der Waals surface area (Å²) in [6.07, 6.45) is 0.363. The van der Waals surface area contributed by atoms with Gasteiger partial charge in [-0.2, -0.15) is 13.5 Å². The lowest BCUT2D eigenvalue weighted by Crippen LogP contribution is -2.12. The van der Waals surface area contributed by atoms with E-state index in [2.05, 4.69) is 15.5 Å². The quantitative estimate of drug-likeness (QED) is 0.142. The van der Waals surface area contributed by atoms with Crippen molar-refractivity contribution in [2.24, 2.45) is 10.2 Å². The predicted molar refractivity (Wildman–Crippen MR) is 151 cm³/mol. The van der Waals surface area contributed by atoms with Gasteiger partial charge < -0.3 is 15.2 Å². The van der Waals surface area contributed by atoms with E-state index >= 15 is 0 Å². The molecule has 0 saturated carbocycles. The van der Waals surface area contributed by atoms with Gasteiger partial charge in [-0.25, -0.2) is 0 Å². The number of nitrogens with one attached hydrogen (secondary N) is 1. The van der Waals surface area contributed by atoms with Crippen molar-refractivity contribution in [2.45, 2.75) is 25.2 Å². The fraction of sp³-hybridized carbons (Fsp3) is 0.148. The van der Waals surface area contributed by atoms with Crippen LogP contribution in [0.15, 0.2) is 75.8 Å². The zero-order valence-electron chi connectivity index (χ0n) is 20.8. The predicted octanol–water partition coefficient (Wildman–Crippen LogP) is 7.73. The van der Waals surface area contributed by atoms with Crippen molar-refractivity contribution >= 4 is 67.1 Å². The Kier molecular flexibility index (Phi) is 8.41. The molecule has 0 unspecified atom stereocenters. The molecule has 1 amide bonds. The van der Waals surface area contributed by atoms with Gasteiger partial charge in [0.15, 0.2) is 5.75 Å². The topological polar surface area (TPSA) is 138 Å². The van der Waals surface area contributed by atoms with E-state index in [0.717, 1.165) is 6.07 Å². The zero-order chi connectivity index (χ0) is 28.3. The molecule has 0 saturated heterocycles. The van der Waals surface area contributed by atoms with E-state index in [4.69, 9.17) is 27.9 Å². The number of phenols is 1. The van der Waals surface area contributed by atoms with E-state index < -0.39 is 26.7 Å². The Bertz CT molecular complexity index is 1720. The van der Waals surface area contributed by atoms with Crippen LogP contribution in [0.25, 0.3) is 10.8 Å². The maximum Gasteiger partial charge on any atom is 0.296 e. The number of phenolic OH excluding ortho intramolecular Hbond substituents is 1. The normalized spacial score (nSPS) is 11.7. The summed E-state index contributed by atoms with van der Waals surface area (Å²) in [4.78, 5) is 12.7. The first-order valence-corrected chi connectivity index (χ1v) is 13.9. The molecule has 202 valence electrons. The largest absolute Gasteiger partial charge is 0.505 e. The van der Waals surface area contributed by atoms with Crippen molar-refractivity contribution in [2.75, 3.05) is 11.9 Å². The van der Waals surface area contributed by atoms with E-state index in [1.165, 1.54) is 12.1 Å². The van der Waals surface area contributed by atoms with Crippen molar-refractivity contribution in [3.8, 4) is 11.5 Å². The number of halogens is 2. The highest BCUT2D eigenvalue weighted by Gasteiger charge is 2.21. The summed E-state index contributed by atoms with van der Waals surface area (Å²) in [7, 11) is -4.63. The van der Waals surface area contributed by atoms with Crippen molar-refractivity contribution in [1.82, 2.24) is 0 Å². The van der Waals surface area contributed by atoms with Gasteiger partial charge in [-0.15, -0.1) is 5.11 Å². The van der Waals surface area contributed by atoms with Crippen LogP contribution in [0, 0.1) is 0 Å². The summed E-state index contributed by atoms with van der Waals surface area (Å²) in [5.41, 5.74) is 0.670. The van der Waals surface area contributed by atoms with Crippen molar-refractivity contribution < 1.29 is 27.6 Å². The number of carbonyl (C=O) groups is 1. The molecule has 3 N–H and O–H groups in total. The van der Waals surface area contributed by atoms with Gasteiger partial charge in [0.2, 0.25) is 0 Å². The standard InChI is InChI=1S/C27H23Cl2N3O6S/c1-3-15-11-17(13-23(24(15)29)39(35,36)37)31-32-25-19-8-6-5-7-16(19)12-20(26(25)33)27(34)30-22-14-18(38-4-2)9-10-21(22)28/h5-14,33H,3-4H2,1-2H3,(H,30,34)(H,35,36,37). The van der Waals surface area contributed by atoms with Crippen LogP contribution in [-0.2, 0) is 16.5 Å². The van der Waals surface area contributed by atoms with E-state index in [0.29, 0.717) is 35.1 Å². The van der Waals surface area contributed by atoms with Crippen LogP contribution in [0.1, 0.15) is 29.8 Å². The Hall–Kier alpha value is -3.70. The molecule has 0 heterocycles. The third kappa shape index (κ3) is 6.15. The monoisotopic (exact) mass is 587 g/mol. The number of aryl methyl sites for hydroxylation is 1. The number of benzene rings is 4. The number of fused-ring (bicyclic) bond motifs is 1. The first-order valence-electron chi connectivity index (χ1n) is 11.7. The summed E-state index contributed by atoms with van der Waals surface area (Å²) < 4.78 is 38.7. The van der Waals surface area contributed by atoms with Gasteiger partial charge in [0, 0.05) is 11.5 Å². The number of aromatic hydroxyl groups is 1. The van der Waals surface area contributed by atoms with Crippen LogP contribution in [0.5, 0.6) is 11.5 Å². The minimum absolute atomic E-state index is 0.0196. The molecular weight excluding hydrogens is 565 g/mol. The zero-order valence-corrected chi connectivity index (χ0v) is 23.1. The molecule has 4 rings (SSSR count). The Labute approximate surface area is 234 Å². The molecule has 4 aromatic rings. The van der Waals surface area contributed by atoms with E-state index in [1.54, 1.807) is 49.4 Å². The molecule has 0 aliphatic rings. The molecule has 0 fully saturated rings. The SMILES string of the molecule is CCOc1ccc(Cl)c(NC(=O)c2cc3ccccc3c(N=Nc3cc(CC)c(Cl)c(S(=O)(=O)O)c3)c2O)c1. The van der Waals surface area contributed by atoms with Gasteiger partial charge in [-0.1, -0.05) is 54.4 Å². The lowest BCUT2D eigenvalue weighted by molar-refractivity contribution is 0.102. The Balaban J connectivity index is 1.80. The molecule has 0 atom stereocenters. The molecule has 0 radical (unpaired) electrons. The van der Waals surface area contributed by atoms with E-state index in [9.17, 15) is 22.9 Å². The minimum Gasteiger partial charge on any atom is -0.505 e. The number of carbonyl (C=O) groups excluding carboxylic acids is 1. The highest BCUT2D eigenvalue weighted by molar-refractivity contribution is 7.86. The van der Waals surface area contributed by atoms with Crippen molar-refractivity contribution in [1.29, 1.82) is 0 Å². The lowest BCUT2D eigenvalue weighted by atomic mass is 10.0. The number of nitrogens with zero attached hydrogens (tertiary/aromatic N) is 2. The number of hydrogen-bond donors (Lipinski definition) is 3. The third-order valence-corrected chi connectivity index (χ3v) is 7.53. The average Bonchev–Trinajstić information content (AvgIpc) is 2.89. The van der Waals surface area contributed by atoms with Gasteiger partial charge in [-0.05, 0) is 54.6 Å². The molecule has 0 spiro atoms. The summed E-state index contributed by atoms with van der Waals surface area (Å²) in [5.74, 6) is -0.599. The van der Waals surface area contributed by atoms with E-state index in [-0.39, 0.29) is 32.7 Å². The number of anilines is 1. The fourth-order valence-corrected chi connectivity index (χ4v) is 5.22. The fourth-order valence-electron chi connectivity index (χ4n) is 3.89. The molecule has 0 bridgehead atoms. The van der Waals surface area contributed by atoms with Gasteiger partial charge >= 0.3 is 0 Å². The second-order valence-corrected chi connectivity index (χ2v) is 10.5. The van der Waals surface area contributed by atoms with Crippen LogP contribution in [0.2, 0.25) is 10.0 Å². The molecule has 4 aromatic carbocycles. The van der Waals surface area contributed by atoms with Crippen LogP contribution >= 0.6 is 23.2 Å². The number of ether oxygens (including phenoxy) is 1. The Morgan fingerprint density at radius 2 is 1.77 bits per heavy atom. The third-order valence-electron chi connectivity index (χ3n) is 5.76. The van der Waals surface area contributed by atoms with Crippen LogP contribution in [0.4, 0.5) is 17.1 Å². The first-order chi connectivity index (χ1) is 18.5. The van der Waals surface area contributed by atoms with Gasteiger partial charge in [-0.3, -0.25) is 9.35 Å². The van der Waals surface area contributed by atoms with Crippen molar-refractivity contribution in [3.63, 3.8) is 0 Å². The molecule has 0 aromatic heterocycles. The molecule has 0 aliphatic carbocycles. The van der Waals surface area contributed by atoms with Crippen LogP contribution < -0.4 is 10.1 Å². The van der Waals surface area contributed by atoms with Crippen LogP contribution in [-0.4, -0.2) is 30.6 Å². The molecule has 39 heavy (non-hydrogen) atoms. The smallest absolute Gasteiger partial charge is 0.296 e. The maximum absolute atomic E-state index is 13.3. The number of hydrogen-bond acceptors (Lipinski definition) is 7. The molecule has 9 nitrogen and oxygen atoms in total. The number of amides is 1. The van der Waals surface area contributed by atoms with Gasteiger partial charge in [0.25, 0.3) is 16.0 Å². The van der Waals surface area contributed by atoms with E-state index in [1.807, 2.05) is 6.92 Å².